The molecule has 1 saturated heterocycles. The second-order valence-corrected chi connectivity index (χ2v) is 11.2. The summed E-state index contributed by atoms with van der Waals surface area (Å²) in [7, 11) is 0. The molecule has 0 radical (unpaired) electrons. The van der Waals surface area contributed by atoms with Crippen LogP contribution in [0.5, 0.6) is 0 Å². The van der Waals surface area contributed by atoms with Crippen molar-refractivity contribution in [2.45, 2.75) is 70.0 Å². The number of alkyl halides is 3. The van der Waals surface area contributed by atoms with Crippen molar-refractivity contribution >= 4 is 17.7 Å². The van der Waals surface area contributed by atoms with E-state index in [-0.39, 0.29) is 17.2 Å². The van der Waals surface area contributed by atoms with Crippen LogP contribution in [0.25, 0.3) is 6.08 Å². The van der Waals surface area contributed by atoms with Crippen molar-refractivity contribution < 1.29 is 18.0 Å². The maximum absolute atomic E-state index is 13.4. The lowest BCUT2D eigenvalue weighted by atomic mass is 9.53. The van der Waals surface area contributed by atoms with Crippen LogP contribution in [-0.2, 0) is 22.8 Å². The first-order chi connectivity index (χ1) is 17.2. The van der Waals surface area contributed by atoms with E-state index in [9.17, 15) is 18.0 Å². The minimum absolute atomic E-state index is 0.193. The number of anilines is 1. The molecule has 2 aromatic rings. The zero-order valence-corrected chi connectivity index (χ0v) is 21.1. The standard InChI is InChI=1S/C30H35F3N2O/c1-20(2)19-35(28(36)12-9-21-6-5-7-23(16-21)30(31,32)33)24-11-10-22-17-27-25-8-3-4-13-29(25,14-15-34-27)26(22)18-24/h5-7,9-12,16,18,20,25,27,34H,3-4,8,13-15,17,19H2,1-2H3/t25-,27+,29+/m0/s1. The number of rotatable bonds is 5. The quantitative estimate of drug-likeness (QED) is 0.464. The maximum atomic E-state index is 13.4. The van der Waals surface area contributed by atoms with Gasteiger partial charge in [0.05, 0.1) is 5.56 Å². The summed E-state index contributed by atoms with van der Waals surface area (Å²) in [5, 5.41) is 3.77. The molecule has 2 fully saturated rings. The summed E-state index contributed by atoms with van der Waals surface area (Å²) in [6.07, 6.45) is 5.66. The van der Waals surface area contributed by atoms with Crippen molar-refractivity contribution in [3.63, 3.8) is 0 Å². The molecule has 0 unspecified atom stereocenters. The number of halogens is 3. The normalized spacial score (nSPS) is 25.5. The molecule has 1 heterocycles. The first-order valence-corrected chi connectivity index (χ1v) is 13.2. The first-order valence-electron chi connectivity index (χ1n) is 13.2. The van der Waals surface area contributed by atoms with E-state index < -0.39 is 11.7 Å². The molecular formula is C30H35F3N2O. The number of carbonyl (C=O) groups is 1. The van der Waals surface area contributed by atoms with Crippen molar-refractivity contribution in [2.24, 2.45) is 11.8 Å². The summed E-state index contributed by atoms with van der Waals surface area (Å²) in [5.74, 6) is 0.686. The highest BCUT2D eigenvalue weighted by atomic mass is 19.4. The highest BCUT2D eigenvalue weighted by Crippen LogP contribution is 2.54. The van der Waals surface area contributed by atoms with E-state index in [1.807, 2.05) is 6.07 Å². The molecule has 3 nitrogen and oxygen atoms in total. The van der Waals surface area contributed by atoms with Crippen molar-refractivity contribution in [3.8, 4) is 0 Å². The van der Waals surface area contributed by atoms with E-state index in [0.717, 1.165) is 37.2 Å². The van der Waals surface area contributed by atoms with Crippen LogP contribution < -0.4 is 10.2 Å². The van der Waals surface area contributed by atoms with E-state index in [1.54, 1.807) is 11.0 Å². The maximum Gasteiger partial charge on any atom is 0.416 e. The van der Waals surface area contributed by atoms with Crippen molar-refractivity contribution in [1.82, 2.24) is 5.32 Å². The minimum Gasteiger partial charge on any atom is -0.313 e. The molecular weight excluding hydrogens is 461 g/mol. The second-order valence-electron chi connectivity index (χ2n) is 11.2. The highest BCUT2D eigenvalue weighted by molar-refractivity contribution is 6.04. The number of amides is 1. The van der Waals surface area contributed by atoms with Crippen molar-refractivity contribution in [2.75, 3.05) is 18.0 Å². The first kappa shape index (κ1) is 25.1. The molecule has 2 bridgehead atoms. The van der Waals surface area contributed by atoms with Crippen molar-refractivity contribution in [1.29, 1.82) is 0 Å². The van der Waals surface area contributed by atoms with Gasteiger partial charge in [-0.25, -0.2) is 0 Å². The molecule has 0 aromatic heterocycles. The number of carbonyl (C=O) groups excluding carboxylic acids is 1. The van der Waals surface area contributed by atoms with Gasteiger partial charge in [-0.3, -0.25) is 4.79 Å². The topological polar surface area (TPSA) is 32.3 Å². The Morgan fingerprint density at radius 3 is 2.78 bits per heavy atom. The highest BCUT2D eigenvalue weighted by Gasteiger charge is 2.51. The molecule has 3 aliphatic rings. The Morgan fingerprint density at radius 2 is 2.00 bits per heavy atom. The average molecular weight is 497 g/mol. The molecule has 36 heavy (non-hydrogen) atoms. The molecule has 5 rings (SSSR count). The third-order valence-electron chi connectivity index (χ3n) is 8.39. The third-order valence-corrected chi connectivity index (χ3v) is 8.39. The van der Waals surface area contributed by atoms with Gasteiger partial charge in [0, 0.05) is 29.8 Å². The van der Waals surface area contributed by atoms with Gasteiger partial charge >= 0.3 is 6.18 Å². The van der Waals surface area contributed by atoms with E-state index in [1.165, 1.54) is 55.0 Å². The molecule has 2 aromatic carbocycles. The SMILES string of the molecule is CC(C)CN(C(=O)C=Cc1cccc(C(F)(F)F)c1)c1ccc2c(c1)[C@@]13CCCC[C@H]1[C@@H](C2)NCC3. The van der Waals surface area contributed by atoms with E-state index in [2.05, 4.69) is 31.3 Å². The molecule has 0 spiro atoms. The Morgan fingerprint density at radius 1 is 1.17 bits per heavy atom. The van der Waals surface area contributed by atoms with Crippen LogP contribution in [0.4, 0.5) is 18.9 Å². The fraction of sp³-hybridized carbons (Fsp3) is 0.500. The van der Waals surface area contributed by atoms with Gasteiger partial charge in [-0.15, -0.1) is 0 Å². The smallest absolute Gasteiger partial charge is 0.313 e. The van der Waals surface area contributed by atoms with Crippen LogP contribution in [0.3, 0.4) is 0 Å². The van der Waals surface area contributed by atoms with Crippen LogP contribution in [0.2, 0.25) is 0 Å². The molecule has 3 atom stereocenters. The van der Waals surface area contributed by atoms with Crippen LogP contribution in [0.15, 0.2) is 48.5 Å². The monoisotopic (exact) mass is 496 g/mol. The van der Waals surface area contributed by atoms with E-state index >= 15 is 0 Å². The second kappa shape index (κ2) is 9.70. The van der Waals surface area contributed by atoms with Crippen LogP contribution in [0, 0.1) is 11.8 Å². The Kier molecular flexibility index (Phi) is 6.75. The molecule has 192 valence electrons. The van der Waals surface area contributed by atoms with Gasteiger partial charge < -0.3 is 10.2 Å². The van der Waals surface area contributed by atoms with E-state index in [4.69, 9.17) is 0 Å². The molecule has 2 aliphatic carbocycles. The lowest BCUT2D eigenvalue weighted by molar-refractivity contribution is -0.137. The summed E-state index contributed by atoms with van der Waals surface area (Å²) < 4.78 is 39.3. The number of hydrogen-bond acceptors (Lipinski definition) is 2. The van der Waals surface area contributed by atoms with Gasteiger partial charge in [0.25, 0.3) is 5.91 Å². The number of nitrogens with zero attached hydrogens (tertiary/aromatic N) is 1. The lowest BCUT2D eigenvalue weighted by Gasteiger charge is -2.56. The average Bonchev–Trinajstić information content (AvgIpc) is 2.85. The zero-order chi connectivity index (χ0) is 25.5. The Balaban J connectivity index is 1.46. The third kappa shape index (κ3) is 4.72. The predicted molar refractivity (Wildman–Crippen MR) is 138 cm³/mol. The largest absolute Gasteiger partial charge is 0.416 e. The Bertz CT molecular complexity index is 1150. The van der Waals surface area contributed by atoms with Gasteiger partial charge in [0.1, 0.15) is 0 Å². The number of fused-ring (bicyclic) bond motifs is 1. The molecule has 1 amide bonds. The summed E-state index contributed by atoms with van der Waals surface area (Å²) in [4.78, 5) is 15.2. The van der Waals surface area contributed by atoms with Crippen LogP contribution in [0.1, 0.15) is 68.2 Å². The van der Waals surface area contributed by atoms with E-state index in [0.29, 0.717) is 24.1 Å². The fourth-order valence-electron chi connectivity index (χ4n) is 6.84. The zero-order valence-electron chi connectivity index (χ0n) is 21.1. The number of piperidine rings is 1. The molecule has 1 saturated carbocycles. The van der Waals surface area contributed by atoms with Crippen LogP contribution >= 0.6 is 0 Å². The van der Waals surface area contributed by atoms with Gasteiger partial charge in [-0.2, -0.15) is 13.2 Å². The summed E-state index contributed by atoms with van der Waals surface area (Å²) >= 11 is 0. The summed E-state index contributed by atoms with van der Waals surface area (Å²) in [6.45, 7) is 5.73. The fourth-order valence-corrected chi connectivity index (χ4v) is 6.84. The van der Waals surface area contributed by atoms with Gasteiger partial charge in [0.2, 0.25) is 0 Å². The van der Waals surface area contributed by atoms with Crippen molar-refractivity contribution in [3.05, 3.63) is 70.8 Å². The predicted octanol–water partition coefficient (Wildman–Crippen LogP) is 6.75. The number of benzene rings is 2. The summed E-state index contributed by atoms with van der Waals surface area (Å²) in [5.41, 5.74) is 3.54. The van der Waals surface area contributed by atoms with Gasteiger partial charge in [0.15, 0.2) is 0 Å². The lowest BCUT2D eigenvalue weighted by Crippen LogP contribution is -2.59. The molecule has 1 N–H and O–H groups in total. The Labute approximate surface area is 211 Å². The number of nitrogens with one attached hydrogen (secondary N) is 1. The molecule has 1 aliphatic heterocycles. The Hall–Kier alpha value is -2.60. The van der Waals surface area contributed by atoms with Gasteiger partial charge in [-0.1, -0.05) is 44.9 Å². The molecule has 6 heteroatoms. The summed E-state index contributed by atoms with van der Waals surface area (Å²) in [6, 6.07) is 12.1. The number of hydrogen-bond donors (Lipinski definition) is 1. The van der Waals surface area contributed by atoms with Gasteiger partial charge in [-0.05, 0) is 91.1 Å². The minimum atomic E-state index is -4.41. The van der Waals surface area contributed by atoms with Crippen LogP contribution in [-0.4, -0.2) is 25.0 Å².